The van der Waals surface area contributed by atoms with Crippen molar-refractivity contribution in [1.82, 2.24) is 9.88 Å². The van der Waals surface area contributed by atoms with Crippen molar-refractivity contribution in [3.05, 3.63) is 50.9 Å². The molecule has 7 heteroatoms. The van der Waals surface area contributed by atoms with Gasteiger partial charge in [-0.15, -0.1) is 11.3 Å². The highest BCUT2D eigenvalue weighted by molar-refractivity contribution is 7.09. The van der Waals surface area contributed by atoms with Crippen molar-refractivity contribution in [2.75, 3.05) is 6.61 Å². The quantitative estimate of drug-likeness (QED) is 0.724. The molecule has 5 nitrogen and oxygen atoms in total. The third kappa shape index (κ3) is 4.55. The molecule has 0 saturated heterocycles. The lowest BCUT2D eigenvalue weighted by atomic mass is 10.1. The lowest BCUT2D eigenvalue weighted by Gasteiger charge is -2.26. The van der Waals surface area contributed by atoms with Crippen LogP contribution in [0.3, 0.4) is 0 Å². The predicted molar refractivity (Wildman–Crippen MR) is 94.5 cm³/mol. The van der Waals surface area contributed by atoms with Crippen molar-refractivity contribution in [3.63, 3.8) is 0 Å². The summed E-state index contributed by atoms with van der Waals surface area (Å²) in [6.07, 6.45) is 0. The van der Waals surface area contributed by atoms with Crippen LogP contribution in [-0.2, 0) is 11.3 Å². The van der Waals surface area contributed by atoms with E-state index in [1.807, 2.05) is 13.8 Å². The topological polar surface area (TPSA) is 59.5 Å². The number of halogens is 1. The van der Waals surface area contributed by atoms with E-state index in [0.717, 1.165) is 0 Å². The van der Waals surface area contributed by atoms with E-state index in [4.69, 9.17) is 16.3 Å². The van der Waals surface area contributed by atoms with Gasteiger partial charge >= 0.3 is 5.97 Å². The highest BCUT2D eigenvalue weighted by atomic mass is 35.5. The average Bonchev–Trinajstić information content (AvgIpc) is 3.01. The molecule has 1 aromatic heterocycles. The van der Waals surface area contributed by atoms with Crippen molar-refractivity contribution in [2.24, 2.45) is 0 Å². The molecule has 1 aromatic carbocycles. The lowest BCUT2D eigenvalue weighted by Crippen LogP contribution is -2.36. The van der Waals surface area contributed by atoms with Gasteiger partial charge in [-0.2, -0.15) is 0 Å². The Balaban J connectivity index is 2.15. The van der Waals surface area contributed by atoms with E-state index in [1.165, 1.54) is 11.3 Å². The molecular weight excluding hydrogens is 348 g/mol. The molecular formula is C17H19ClN2O3S. The molecule has 2 aromatic rings. The van der Waals surface area contributed by atoms with Crippen molar-refractivity contribution < 1.29 is 14.3 Å². The minimum Gasteiger partial charge on any atom is -0.461 e. The third-order valence-corrected chi connectivity index (χ3v) is 4.40. The van der Waals surface area contributed by atoms with Crippen LogP contribution in [0.5, 0.6) is 0 Å². The first kappa shape index (κ1) is 18.4. The maximum atomic E-state index is 12.7. The molecule has 0 radical (unpaired) electrons. The summed E-state index contributed by atoms with van der Waals surface area (Å²) in [7, 11) is 0. The fraction of sp³-hybridized carbons (Fsp3) is 0.353. The molecule has 0 bridgehead atoms. The van der Waals surface area contributed by atoms with Crippen LogP contribution < -0.4 is 0 Å². The molecule has 2 rings (SSSR count). The maximum Gasteiger partial charge on any atom is 0.357 e. The summed E-state index contributed by atoms with van der Waals surface area (Å²) < 4.78 is 4.93. The Labute approximate surface area is 150 Å². The summed E-state index contributed by atoms with van der Waals surface area (Å²) in [6.45, 7) is 6.26. The highest BCUT2D eigenvalue weighted by Gasteiger charge is 2.21. The number of benzene rings is 1. The Bertz CT molecular complexity index is 713. The number of nitrogens with zero attached hydrogens (tertiary/aromatic N) is 2. The van der Waals surface area contributed by atoms with Gasteiger partial charge in [0, 0.05) is 22.0 Å². The van der Waals surface area contributed by atoms with Gasteiger partial charge in [-0.05, 0) is 45.0 Å². The van der Waals surface area contributed by atoms with E-state index >= 15 is 0 Å². The minimum atomic E-state index is -0.444. The van der Waals surface area contributed by atoms with Gasteiger partial charge in [0.1, 0.15) is 5.01 Å². The zero-order chi connectivity index (χ0) is 17.7. The lowest BCUT2D eigenvalue weighted by molar-refractivity contribution is 0.0520. The number of hydrogen-bond donors (Lipinski definition) is 0. The second kappa shape index (κ2) is 8.26. The van der Waals surface area contributed by atoms with Crippen LogP contribution in [0.15, 0.2) is 29.6 Å². The maximum absolute atomic E-state index is 12.7. The molecule has 0 aliphatic carbocycles. The van der Waals surface area contributed by atoms with Gasteiger partial charge in [0.05, 0.1) is 13.2 Å². The summed E-state index contributed by atoms with van der Waals surface area (Å²) >= 11 is 7.21. The van der Waals surface area contributed by atoms with Crippen LogP contribution in [-0.4, -0.2) is 34.4 Å². The summed E-state index contributed by atoms with van der Waals surface area (Å²) in [5, 5.41) is 2.93. The summed E-state index contributed by atoms with van der Waals surface area (Å²) in [5.74, 6) is -0.547. The molecule has 1 heterocycles. The Morgan fingerprint density at radius 2 is 1.96 bits per heavy atom. The molecule has 0 aliphatic heterocycles. The zero-order valence-electron chi connectivity index (χ0n) is 13.8. The molecule has 0 saturated carbocycles. The van der Waals surface area contributed by atoms with Gasteiger partial charge in [-0.25, -0.2) is 9.78 Å². The first-order chi connectivity index (χ1) is 11.4. The number of hydrogen-bond acceptors (Lipinski definition) is 5. The molecule has 0 unspecified atom stereocenters. The third-order valence-electron chi connectivity index (χ3n) is 3.32. The number of aromatic nitrogens is 1. The van der Waals surface area contributed by atoms with Gasteiger partial charge in [-0.1, -0.05) is 11.6 Å². The Morgan fingerprint density at radius 3 is 2.54 bits per heavy atom. The first-order valence-corrected chi connectivity index (χ1v) is 8.86. The van der Waals surface area contributed by atoms with Crippen LogP contribution >= 0.6 is 22.9 Å². The van der Waals surface area contributed by atoms with Crippen LogP contribution in [0.2, 0.25) is 5.02 Å². The molecule has 0 spiro atoms. The fourth-order valence-electron chi connectivity index (χ4n) is 2.08. The second-order valence-corrected chi connectivity index (χ2v) is 6.76. The van der Waals surface area contributed by atoms with E-state index in [1.54, 1.807) is 41.5 Å². The monoisotopic (exact) mass is 366 g/mol. The van der Waals surface area contributed by atoms with Crippen LogP contribution in [0.4, 0.5) is 0 Å². The van der Waals surface area contributed by atoms with E-state index in [-0.39, 0.29) is 17.6 Å². The minimum absolute atomic E-state index is 0.0110. The smallest absolute Gasteiger partial charge is 0.357 e. The van der Waals surface area contributed by atoms with E-state index < -0.39 is 5.97 Å². The van der Waals surface area contributed by atoms with Crippen LogP contribution in [0, 0.1) is 0 Å². The summed E-state index contributed by atoms with van der Waals surface area (Å²) in [6, 6.07) is 6.77. The number of rotatable bonds is 6. The number of carbonyl (C=O) groups excluding carboxylic acids is 2. The normalized spacial score (nSPS) is 10.7. The van der Waals surface area contributed by atoms with Crippen LogP contribution in [0.25, 0.3) is 0 Å². The SMILES string of the molecule is CCOC(=O)c1csc(CN(C(=O)c2ccc(Cl)cc2)C(C)C)n1. The van der Waals surface area contributed by atoms with Crippen molar-refractivity contribution in [3.8, 4) is 0 Å². The molecule has 128 valence electrons. The van der Waals surface area contributed by atoms with E-state index in [9.17, 15) is 9.59 Å². The van der Waals surface area contributed by atoms with Crippen molar-refractivity contribution >= 4 is 34.8 Å². The molecule has 0 atom stereocenters. The second-order valence-electron chi connectivity index (χ2n) is 5.38. The van der Waals surface area contributed by atoms with Gasteiger partial charge in [-0.3, -0.25) is 4.79 Å². The number of amides is 1. The average molecular weight is 367 g/mol. The standard InChI is InChI=1S/C17H19ClN2O3S/c1-4-23-17(22)14-10-24-15(19-14)9-20(11(2)3)16(21)12-5-7-13(18)8-6-12/h5-8,10-11H,4,9H2,1-3H3. The number of esters is 1. The van der Waals surface area contributed by atoms with Crippen molar-refractivity contribution in [1.29, 1.82) is 0 Å². The largest absolute Gasteiger partial charge is 0.461 e. The molecule has 1 amide bonds. The van der Waals surface area contributed by atoms with E-state index in [2.05, 4.69) is 4.98 Å². The summed E-state index contributed by atoms with van der Waals surface area (Å²) in [5.41, 5.74) is 0.842. The van der Waals surface area contributed by atoms with Gasteiger partial charge in [0.2, 0.25) is 0 Å². The number of carbonyl (C=O) groups is 2. The van der Waals surface area contributed by atoms with Crippen LogP contribution in [0.1, 0.15) is 46.6 Å². The number of ether oxygens (including phenoxy) is 1. The van der Waals surface area contributed by atoms with Crippen molar-refractivity contribution in [2.45, 2.75) is 33.4 Å². The molecule has 0 aliphatic rings. The number of thiazole rings is 1. The Morgan fingerprint density at radius 1 is 1.29 bits per heavy atom. The summed E-state index contributed by atoms with van der Waals surface area (Å²) in [4.78, 5) is 30.4. The Hall–Kier alpha value is -1.92. The van der Waals surface area contributed by atoms with Gasteiger partial charge < -0.3 is 9.64 Å². The fourth-order valence-corrected chi connectivity index (χ4v) is 2.96. The molecule has 0 N–H and O–H groups in total. The zero-order valence-corrected chi connectivity index (χ0v) is 15.4. The van der Waals surface area contributed by atoms with Gasteiger partial charge in [0.25, 0.3) is 5.91 Å². The highest BCUT2D eigenvalue weighted by Crippen LogP contribution is 2.18. The predicted octanol–water partition coefficient (Wildman–Crippen LogP) is 4.02. The Kier molecular flexibility index (Phi) is 6.34. The molecule has 24 heavy (non-hydrogen) atoms. The van der Waals surface area contributed by atoms with Gasteiger partial charge in [0.15, 0.2) is 5.69 Å². The first-order valence-electron chi connectivity index (χ1n) is 7.60. The van der Waals surface area contributed by atoms with E-state index in [0.29, 0.717) is 28.7 Å². The molecule has 0 fully saturated rings.